The third-order valence-corrected chi connectivity index (χ3v) is 4.59. The fourth-order valence-electron chi connectivity index (χ4n) is 3.28. The van der Waals surface area contributed by atoms with Crippen molar-refractivity contribution in [3.05, 3.63) is 101 Å². The summed E-state index contributed by atoms with van der Waals surface area (Å²) < 4.78 is 28.4. The molecule has 2 aromatic heterocycles. The molecule has 0 amide bonds. The fraction of sp³-hybridized carbons (Fsp3) is 0.0909. The minimum absolute atomic E-state index is 0.0390. The Bertz CT molecular complexity index is 1150. The summed E-state index contributed by atoms with van der Waals surface area (Å²) in [5.74, 6) is -2.00. The molecule has 0 aliphatic carbocycles. The van der Waals surface area contributed by atoms with Gasteiger partial charge in [-0.2, -0.15) is 4.73 Å². The normalized spacial score (nSPS) is 11.0. The monoisotopic (exact) mass is 377 g/mol. The lowest BCUT2D eigenvalue weighted by molar-refractivity contribution is -0.604. The number of anilines is 2. The minimum Gasteiger partial charge on any atom is -0.619 e. The van der Waals surface area contributed by atoms with Crippen molar-refractivity contribution in [3.8, 4) is 0 Å². The van der Waals surface area contributed by atoms with Crippen LogP contribution in [0, 0.1) is 23.8 Å². The van der Waals surface area contributed by atoms with Gasteiger partial charge >= 0.3 is 0 Å². The fourth-order valence-corrected chi connectivity index (χ4v) is 3.28. The maximum absolute atomic E-state index is 14.2. The number of fused-ring (bicyclic) bond motifs is 1. The van der Waals surface area contributed by atoms with Gasteiger partial charge in [0.2, 0.25) is 0 Å². The van der Waals surface area contributed by atoms with E-state index in [4.69, 9.17) is 0 Å². The molecule has 0 bridgehead atoms. The summed E-state index contributed by atoms with van der Waals surface area (Å²) in [4.78, 5) is 6.24. The van der Waals surface area contributed by atoms with Gasteiger partial charge in [-0.25, -0.2) is 8.78 Å². The molecule has 0 aliphatic heterocycles. The number of nitrogens with zero attached hydrogens (tertiary/aromatic N) is 3. The van der Waals surface area contributed by atoms with Gasteiger partial charge in [0.25, 0.3) is 0 Å². The number of halogens is 2. The number of rotatable bonds is 4. The number of pyridine rings is 2. The second-order valence-electron chi connectivity index (χ2n) is 6.61. The molecule has 0 unspecified atom stereocenters. The predicted octanol–water partition coefficient (Wildman–Crippen LogP) is 4.79. The Hall–Kier alpha value is -3.54. The molecule has 0 spiro atoms. The van der Waals surface area contributed by atoms with E-state index in [0.29, 0.717) is 22.2 Å². The lowest BCUT2D eigenvalue weighted by Crippen LogP contribution is -2.27. The van der Waals surface area contributed by atoms with Gasteiger partial charge in [-0.3, -0.25) is 4.98 Å². The van der Waals surface area contributed by atoms with E-state index in [2.05, 4.69) is 4.98 Å². The van der Waals surface area contributed by atoms with Crippen molar-refractivity contribution in [2.45, 2.75) is 13.5 Å². The first kappa shape index (κ1) is 17.9. The Morgan fingerprint density at radius 2 is 1.75 bits per heavy atom. The molecule has 0 fully saturated rings. The van der Waals surface area contributed by atoms with Gasteiger partial charge in [0, 0.05) is 22.8 Å². The largest absolute Gasteiger partial charge is 0.619 e. The first-order chi connectivity index (χ1) is 13.5. The number of benzene rings is 2. The molecule has 4 rings (SSSR count). The van der Waals surface area contributed by atoms with Gasteiger partial charge in [0.05, 0.1) is 23.8 Å². The lowest BCUT2D eigenvalue weighted by atomic mass is 10.1. The second-order valence-corrected chi connectivity index (χ2v) is 6.61. The zero-order chi connectivity index (χ0) is 19.7. The van der Waals surface area contributed by atoms with Crippen LogP contribution >= 0.6 is 0 Å². The number of para-hydroxylation sites is 1. The van der Waals surface area contributed by atoms with Crippen LogP contribution in [-0.4, -0.2) is 4.98 Å². The molecule has 0 N–H and O–H groups in total. The first-order valence-electron chi connectivity index (χ1n) is 8.76. The summed E-state index contributed by atoms with van der Waals surface area (Å²) in [5, 5.41) is 12.5. The van der Waals surface area contributed by atoms with Crippen LogP contribution in [0.2, 0.25) is 0 Å². The van der Waals surface area contributed by atoms with Crippen LogP contribution in [0.1, 0.15) is 11.1 Å². The van der Waals surface area contributed by atoms with E-state index in [9.17, 15) is 14.0 Å². The van der Waals surface area contributed by atoms with Crippen LogP contribution in [0.5, 0.6) is 0 Å². The van der Waals surface area contributed by atoms with Crippen LogP contribution in [0.4, 0.5) is 20.2 Å². The third-order valence-electron chi connectivity index (χ3n) is 4.59. The molecular weight excluding hydrogens is 360 g/mol. The minimum atomic E-state index is -1.02. The van der Waals surface area contributed by atoms with Gasteiger partial charge in [0.1, 0.15) is 0 Å². The highest BCUT2D eigenvalue weighted by Crippen LogP contribution is 2.30. The predicted molar refractivity (Wildman–Crippen MR) is 104 cm³/mol. The quantitative estimate of drug-likeness (QED) is 0.379. The van der Waals surface area contributed by atoms with E-state index < -0.39 is 11.6 Å². The van der Waals surface area contributed by atoms with E-state index >= 15 is 0 Å². The maximum Gasteiger partial charge on any atom is 0.191 e. The van der Waals surface area contributed by atoms with Gasteiger partial charge in [-0.15, -0.1) is 0 Å². The van der Waals surface area contributed by atoms with Crippen molar-refractivity contribution in [2.24, 2.45) is 0 Å². The van der Waals surface area contributed by atoms with E-state index in [0.717, 1.165) is 29.2 Å². The van der Waals surface area contributed by atoms with Crippen LogP contribution in [0.25, 0.3) is 10.8 Å². The van der Waals surface area contributed by atoms with E-state index in [1.165, 1.54) is 12.3 Å². The van der Waals surface area contributed by atoms with Crippen molar-refractivity contribution in [1.82, 2.24) is 4.98 Å². The summed E-state index contributed by atoms with van der Waals surface area (Å²) >= 11 is 0. The molecule has 0 atom stereocenters. The Morgan fingerprint density at radius 3 is 2.50 bits per heavy atom. The standard InChI is InChI=1S/C22H17F2N3O/c1-15-9-18(11-25-10-15)27(17-5-3-2-4-6-17)13-16-12-26(28)14-20-19(16)7-8-21(23)22(20)24/h2-12,14H,13H2,1H3. The van der Waals surface area contributed by atoms with Crippen molar-refractivity contribution >= 4 is 22.1 Å². The molecule has 0 aliphatic rings. The molecule has 6 heteroatoms. The average molecular weight is 377 g/mol. The van der Waals surface area contributed by atoms with Crippen LogP contribution < -0.4 is 9.63 Å². The molecule has 140 valence electrons. The Kier molecular flexibility index (Phi) is 4.61. The highest BCUT2D eigenvalue weighted by atomic mass is 19.2. The van der Waals surface area contributed by atoms with E-state index in [1.54, 1.807) is 12.4 Å². The van der Waals surface area contributed by atoms with E-state index in [1.807, 2.05) is 48.2 Å². The second kappa shape index (κ2) is 7.23. The molecular formula is C22H17F2N3O. The number of aromatic nitrogens is 2. The van der Waals surface area contributed by atoms with Gasteiger partial charge in [-0.05, 0) is 36.8 Å². The summed E-state index contributed by atoms with van der Waals surface area (Å²) in [7, 11) is 0. The molecule has 4 nitrogen and oxygen atoms in total. The summed E-state index contributed by atoms with van der Waals surface area (Å²) in [6.07, 6.45) is 5.93. The van der Waals surface area contributed by atoms with Crippen LogP contribution in [0.15, 0.2) is 73.3 Å². The Labute approximate surface area is 160 Å². The van der Waals surface area contributed by atoms with Crippen molar-refractivity contribution < 1.29 is 13.5 Å². The molecule has 28 heavy (non-hydrogen) atoms. The third kappa shape index (κ3) is 3.36. The zero-order valence-corrected chi connectivity index (χ0v) is 15.1. The summed E-state index contributed by atoms with van der Waals surface area (Å²) in [5.41, 5.74) is 3.30. The molecule has 2 heterocycles. The number of aryl methyl sites for hydroxylation is 1. The Balaban J connectivity index is 1.87. The summed E-state index contributed by atoms with van der Waals surface area (Å²) in [6, 6.07) is 14.2. The van der Waals surface area contributed by atoms with E-state index in [-0.39, 0.29) is 5.39 Å². The highest BCUT2D eigenvalue weighted by molar-refractivity contribution is 5.85. The smallest absolute Gasteiger partial charge is 0.191 e. The van der Waals surface area contributed by atoms with Gasteiger partial charge in [-0.1, -0.05) is 24.3 Å². The molecule has 0 radical (unpaired) electrons. The van der Waals surface area contributed by atoms with Crippen LogP contribution in [0.3, 0.4) is 0 Å². The Morgan fingerprint density at radius 1 is 0.964 bits per heavy atom. The highest BCUT2D eigenvalue weighted by Gasteiger charge is 2.18. The van der Waals surface area contributed by atoms with Crippen LogP contribution in [-0.2, 0) is 6.54 Å². The number of hydrogen-bond acceptors (Lipinski definition) is 3. The molecule has 4 aromatic rings. The zero-order valence-electron chi connectivity index (χ0n) is 15.1. The topological polar surface area (TPSA) is 43.1 Å². The van der Waals surface area contributed by atoms with Crippen molar-refractivity contribution in [2.75, 3.05) is 4.90 Å². The SMILES string of the molecule is Cc1cncc(N(Cc2c[n+]([O-])cc3c(F)c(F)ccc23)c2ccccc2)c1. The van der Waals surface area contributed by atoms with Crippen molar-refractivity contribution in [3.63, 3.8) is 0 Å². The van der Waals surface area contributed by atoms with Gasteiger partial charge < -0.3 is 10.1 Å². The lowest BCUT2D eigenvalue weighted by Gasteiger charge is -2.25. The maximum atomic E-state index is 14.2. The van der Waals surface area contributed by atoms with Crippen molar-refractivity contribution in [1.29, 1.82) is 0 Å². The molecule has 0 saturated heterocycles. The number of hydrogen-bond donors (Lipinski definition) is 0. The summed E-state index contributed by atoms with van der Waals surface area (Å²) in [6.45, 7) is 2.24. The van der Waals surface area contributed by atoms with Gasteiger partial charge in [0.15, 0.2) is 24.0 Å². The average Bonchev–Trinajstić information content (AvgIpc) is 2.70. The first-order valence-corrected chi connectivity index (χ1v) is 8.76. The molecule has 2 aromatic carbocycles. The molecule has 0 saturated carbocycles.